The Bertz CT molecular complexity index is 902. The van der Waals surface area contributed by atoms with Gasteiger partial charge in [0.05, 0.1) is 30.8 Å². The Morgan fingerprint density at radius 1 is 1.14 bits per heavy atom. The summed E-state index contributed by atoms with van der Waals surface area (Å²) in [5, 5.41) is 10.4. The summed E-state index contributed by atoms with van der Waals surface area (Å²) in [5.41, 5.74) is -2.39. The number of allylic oxidation sites excluding steroid dienone is 1. The number of aliphatic hydroxyl groups is 1. The largest absolute Gasteiger partial charge is 0.465 e. The summed E-state index contributed by atoms with van der Waals surface area (Å²) >= 11 is 0. The van der Waals surface area contributed by atoms with Crippen molar-refractivity contribution in [3.8, 4) is 0 Å². The fourth-order valence-corrected chi connectivity index (χ4v) is 6.34. The van der Waals surface area contributed by atoms with Crippen molar-refractivity contribution in [2.45, 2.75) is 83.1 Å². The molecule has 0 saturated carbocycles. The number of likely N-dealkylation sites (tertiary alicyclic amines) is 1. The lowest BCUT2D eigenvalue weighted by Crippen LogP contribution is -2.59. The molecule has 0 aliphatic carbocycles. The van der Waals surface area contributed by atoms with E-state index in [-0.39, 0.29) is 30.9 Å². The smallest absolute Gasteiger partial charge is 0.313 e. The molecule has 2 saturated heterocycles. The average Bonchev–Trinajstić information content (AvgIpc) is 3.19. The zero-order valence-electron chi connectivity index (χ0n) is 21.4. The summed E-state index contributed by atoms with van der Waals surface area (Å²) < 4.78 is 12.4. The lowest BCUT2D eigenvalue weighted by atomic mass is 9.74. The predicted octanol–water partition coefficient (Wildman–Crippen LogP) is 2.46. The fraction of sp³-hybridized carbons (Fsp3) is 0.741. The first-order chi connectivity index (χ1) is 16.8. The molecular formula is C27H40N2O6. The second-order valence-electron chi connectivity index (χ2n) is 10.6. The Morgan fingerprint density at radius 3 is 2.60 bits per heavy atom. The summed E-state index contributed by atoms with van der Waals surface area (Å²) in [6.45, 7) is 8.88. The van der Waals surface area contributed by atoms with Crippen LogP contribution in [0.4, 0.5) is 0 Å². The van der Waals surface area contributed by atoms with E-state index < -0.39 is 41.1 Å². The van der Waals surface area contributed by atoms with Crippen molar-refractivity contribution in [1.82, 2.24) is 9.80 Å². The molecule has 2 fully saturated rings. The van der Waals surface area contributed by atoms with Crippen LogP contribution < -0.4 is 0 Å². The van der Waals surface area contributed by atoms with Crippen LogP contribution in [0.2, 0.25) is 0 Å². The number of nitrogens with zero attached hydrogens (tertiary/aromatic N) is 2. The number of fused-ring (bicyclic) bond motifs is 2. The van der Waals surface area contributed by atoms with E-state index in [1.165, 1.54) is 0 Å². The van der Waals surface area contributed by atoms with Gasteiger partial charge < -0.3 is 24.4 Å². The Labute approximate surface area is 208 Å². The second-order valence-corrected chi connectivity index (χ2v) is 10.6. The summed E-state index contributed by atoms with van der Waals surface area (Å²) in [6, 6.07) is -1.50. The van der Waals surface area contributed by atoms with Crippen LogP contribution in [-0.2, 0) is 23.9 Å². The van der Waals surface area contributed by atoms with Crippen molar-refractivity contribution in [3.63, 3.8) is 0 Å². The molecule has 8 nitrogen and oxygen atoms in total. The highest BCUT2D eigenvalue weighted by Gasteiger charge is 2.75. The van der Waals surface area contributed by atoms with E-state index in [4.69, 9.17) is 9.47 Å². The number of aliphatic hydroxyl groups excluding tert-OH is 1. The normalized spacial score (nSPS) is 37.4. The number of cyclic esters (lactones) is 1. The highest BCUT2D eigenvalue weighted by atomic mass is 16.6. The molecule has 1 spiro atoms. The molecule has 1 N–H and O–H groups in total. The first kappa shape index (κ1) is 25.9. The van der Waals surface area contributed by atoms with E-state index in [2.05, 4.69) is 6.92 Å². The van der Waals surface area contributed by atoms with E-state index >= 15 is 0 Å². The van der Waals surface area contributed by atoms with E-state index in [9.17, 15) is 19.5 Å². The number of esters is 1. The lowest BCUT2D eigenvalue weighted by molar-refractivity contribution is -0.162. The summed E-state index contributed by atoms with van der Waals surface area (Å²) in [5.74, 6) is -2.80. The van der Waals surface area contributed by atoms with Gasteiger partial charge in [0.25, 0.3) is 0 Å². The molecule has 4 heterocycles. The molecule has 35 heavy (non-hydrogen) atoms. The van der Waals surface area contributed by atoms with Gasteiger partial charge in [-0.05, 0) is 32.1 Å². The maximum absolute atomic E-state index is 14.3. The van der Waals surface area contributed by atoms with Gasteiger partial charge >= 0.3 is 5.97 Å². The molecular weight excluding hydrogens is 448 g/mol. The molecule has 0 bridgehead atoms. The zero-order chi connectivity index (χ0) is 25.4. The van der Waals surface area contributed by atoms with E-state index in [1.54, 1.807) is 9.80 Å². The van der Waals surface area contributed by atoms with Gasteiger partial charge in [-0.15, -0.1) is 0 Å². The van der Waals surface area contributed by atoms with Crippen LogP contribution in [0.5, 0.6) is 0 Å². The molecule has 4 rings (SSSR count). The molecule has 0 radical (unpaired) electrons. The molecule has 4 aliphatic heterocycles. The molecule has 8 heteroatoms. The number of hydrogen-bond acceptors (Lipinski definition) is 6. The van der Waals surface area contributed by atoms with E-state index in [1.807, 2.05) is 45.1 Å². The van der Waals surface area contributed by atoms with Crippen LogP contribution in [0.3, 0.4) is 0 Å². The quantitative estimate of drug-likeness (QED) is 0.437. The number of ether oxygens (including phenoxy) is 2. The monoisotopic (exact) mass is 488 g/mol. The van der Waals surface area contributed by atoms with Gasteiger partial charge in [-0.1, -0.05) is 57.9 Å². The van der Waals surface area contributed by atoms with Crippen LogP contribution in [0, 0.1) is 17.8 Å². The molecule has 0 aromatic rings. The Kier molecular flexibility index (Phi) is 7.44. The van der Waals surface area contributed by atoms with Gasteiger partial charge in [-0.25, -0.2) is 0 Å². The average molecular weight is 489 g/mol. The van der Waals surface area contributed by atoms with Crippen molar-refractivity contribution in [2.75, 3.05) is 26.3 Å². The van der Waals surface area contributed by atoms with Crippen molar-refractivity contribution >= 4 is 17.8 Å². The molecule has 4 aliphatic rings. The van der Waals surface area contributed by atoms with Gasteiger partial charge in [0.2, 0.25) is 11.8 Å². The van der Waals surface area contributed by atoms with Crippen molar-refractivity contribution in [2.24, 2.45) is 17.8 Å². The van der Waals surface area contributed by atoms with Crippen molar-refractivity contribution in [3.05, 3.63) is 24.3 Å². The molecule has 0 aromatic carbocycles. The summed E-state index contributed by atoms with van der Waals surface area (Å²) in [7, 11) is 0. The zero-order valence-corrected chi connectivity index (χ0v) is 21.4. The molecule has 2 amide bonds. The highest BCUT2D eigenvalue weighted by molar-refractivity contribution is 5.99. The second kappa shape index (κ2) is 10.1. The van der Waals surface area contributed by atoms with Gasteiger partial charge in [-0.3, -0.25) is 14.4 Å². The summed E-state index contributed by atoms with van der Waals surface area (Å²) in [4.78, 5) is 45.1. The van der Waals surface area contributed by atoms with Crippen LogP contribution in [-0.4, -0.2) is 82.3 Å². The molecule has 7 atom stereocenters. The van der Waals surface area contributed by atoms with Crippen molar-refractivity contribution < 1.29 is 29.0 Å². The number of rotatable bonds is 7. The van der Waals surface area contributed by atoms with E-state index in [0.29, 0.717) is 19.5 Å². The minimum Gasteiger partial charge on any atom is -0.465 e. The third-order valence-electron chi connectivity index (χ3n) is 8.40. The number of hydrogen-bond donors (Lipinski definition) is 1. The SMILES string of the molecule is CCCCN1CC=C[C@]23O[C@]4(C)/C=C\CCCOC(=O)[C@@H]4[C@H]2C(=O)N([C@@H](CO)[C@@H](C)CC)C3C1=O. The minimum absolute atomic E-state index is 0.0392. The number of unbranched alkanes of at least 4 members (excludes halogenated alkanes) is 1. The van der Waals surface area contributed by atoms with Crippen LogP contribution in [0.1, 0.15) is 59.8 Å². The van der Waals surface area contributed by atoms with Crippen molar-refractivity contribution in [1.29, 1.82) is 0 Å². The van der Waals surface area contributed by atoms with Crippen LogP contribution in [0.25, 0.3) is 0 Å². The van der Waals surface area contributed by atoms with Gasteiger partial charge in [-0.2, -0.15) is 0 Å². The Morgan fingerprint density at radius 2 is 1.91 bits per heavy atom. The molecule has 0 aromatic heterocycles. The maximum Gasteiger partial charge on any atom is 0.313 e. The number of amides is 2. The van der Waals surface area contributed by atoms with Crippen LogP contribution in [0.15, 0.2) is 24.3 Å². The van der Waals surface area contributed by atoms with Gasteiger partial charge in [0.1, 0.15) is 17.6 Å². The molecule has 194 valence electrons. The Hall–Kier alpha value is -2.19. The first-order valence-corrected chi connectivity index (χ1v) is 13.2. The first-order valence-electron chi connectivity index (χ1n) is 13.2. The number of carbonyl (C=O) groups excluding carboxylic acids is 3. The predicted molar refractivity (Wildman–Crippen MR) is 130 cm³/mol. The number of carbonyl (C=O) groups is 3. The third-order valence-corrected chi connectivity index (χ3v) is 8.40. The fourth-order valence-electron chi connectivity index (χ4n) is 6.34. The van der Waals surface area contributed by atoms with E-state index in [0.717, 1.165) is 25.7 Å². The summed E-state index contributed by atoms with van der Waals surface area (Å²) in [6.07, 6.45) is 11.6. The maximum atomic E-state index is 14.3. The standard InChI is InChI=1S/C27H40N2O6/c1-5-7-14-28-15-11-13-27-20(21-25(33)34-16-10-8-9-12-26(21,4)35-27)23(31)29(22(27)24(28)32)19(17-30)18(3)6-2/h9,11-13,18-22,30H,5-8,10,14-17H2,1-4H3/b12-9-/t18-,19-,20-,21-,22?,26+,27-/m0/s1. The minimum atomic E-state index is -1.31. The topological polar surface area (TPSA) is 96.4 Å². The van der Waals surface area contributed by atoms with Gasteiger partial charge in [0.15, 0.2) is 0 Å². The van der Waals surface area contributed by atoms with Gasteiger partial charge in [0, 0.05) is 13.1 Å². The Balaban J connectivity index is 1.88. The molecule has 1 unspecified atom stereocenters. The highest BCUT2D eigenvalue weighted by Crippen LogP contribution is 2.57. The third kappa shape index (κ3) is 4.12. The van der Waals surface area contributed by atoms with Crippen LogP contribution >= 0.6 is 0 Å². The lowest BCUT2D eigenvalue weighted by Gasteiger charge is -2.41.